The highest BCUT2D eigenvalue weighted by Crippen LogP contribution is 2.14. The smallest absolute Gasteiger partial charge is 0.290 e. The molecule has 0 bridgehead atoms. The van der Waals surface area contributed by atoms with Crippen molar-refractivity contribution in [2.75, 3.05) is 20.3 Å². The lowest BCUT2D eigenvalue weighted by atomic mass is 10.1. The number of ether oxygens (including phenoxy) is 1. The van der Waals surface area contributed by atoms with E-state index in [-0.39, 0.29) is 22.4 Å². The van der Waals surface area contributed by atoms with Crippen LogP contribution in [-0.4, -0.2) is 41.1 Å². The zero-order valence-corrected chi connectivity index (χ0v) is 15.1. The summed E-state index contributed by atoms with van der Waals surface area (Å²) < 4.78 is 6.20. The van der Waals surface area contributed by atoms with Crippen molar-refractivity contribution in [3.63, 3.8) is 0 Å². The van der Waals surface area contributed by atoms with Crippen molar-refractivity contribution in [1.82, 2.24) is 25.9 Å². The van der Waals surface area contributed by atoms with Gasteiger partial charge in [0.25, 0.3) is 11.5 Å². The summed E-state index contributed by atoms with van der Waals surface area (Å²) in [5.41, 5.74) is 5.02. The van der Waals surface area contributed by atoms with Gasteiger partial charge in [0.15, 0.2) is 10.8 Å². The van der Waals surface area contributed by atoms with Crippen LogP contribution in [0.2, 0.25) is 0 Å². The third-order valence-corrected chi connectivity index (χ3v) is 3.66. The normalized spacial score (nSPS) is 10.7. The average molecular weight is 363 g/mol. The van der Waals surface area contributed by atoms with Crippen LogP contribution in [0.25, 0.3) is 10.8 Å². The van der Waals surface area contributed by atoms with Crippen molar-refractivity contribution in [2.24, 2.45) is 0 Å². The lowest BCUT2D eigenvalue weighted by Crippen LogP contribution is -2.48. The third-order valence-electron chi connectivity index (χ3n) is 3.41. The van der Waals surface area contributed by atoms with Crippen molar-refractivity contribution in [2.45, 2.75) is 19.9 Å². The van der Waals surface area contributed by atoms with Gasteiger partial charge in [-0.15, -0.1) is 0 Å². The minimum atomic E-state index is -0.485. The molecule has 1 aromatic carbocycles. The van der Waals surface area contributed by atoms with Crippen molar-refractivity contribution >= 4 is 34.0 Å². The van der Waals surface area contributed by atoms with Crippen LogP contribution in [-0.2, 0) is 4.74 Å². The van der Waals surface area contributed by atoms with Crippen LogP contribution in [0, 0.1) is 0 Å². The minimum absolute atomic E-state index is 0.149. The third kappa shape index (κ3) is 4.52. The molecular weight excluding hydrogens is 342 g/mol. The first-order valence-electron chi connectivity index (χ1n) is 7.80. The molecule has 0 fully saturated rings. The first-order valence-corrected chi connectivity index (χ1v) is 8.21. The first kappa shape index (κ1) is 18.8. The molecule has 0 aliphatic rings. The van der Waals surface area contributed by atoms with Gasteiger partial charge >= 0.3 is 0 Å². The number of thiocarbonyl (C=S) groups is 1. The number of nitrogens with zero attached hydrogens (tertiary/aromatic N) is 2. The molecule has 0 radical (unpaired) electrons. The lowest BCUT2D eigenvalue weighted by molar-refractivity contribution is 0.0937. The van der Waals surface area contributed by atoms with Crippen LogP contribution >= 0.6 is 12.2 Å². The highest BCUT2D eigenvalue weighted by Gasteiger charge is 2.17. The zero-order chi connectivity index (χ0) is 18.4. The van der Waals surface area contributed by atoms with E-state index in [1.807, 2.05) is 13.8 Å². The Bertz CT molecular complexity index is 834. The van der Waals surface area contributed by atoms with Gasteiger partial charge in [0.05, 0.1) is 18.0 Å². The van der Waals surface area contributed by atoms with Gasteiger partial charge in [-0.05, 0) is 32.1 Å². The highest BCUT2D eigenvalue weighted by atomic mass is 32.1. The molecule has 1 aromatic heterocycles. The molecule has 3 N–H and O–H groups in total. The van der Waals surface area contributed by atoms with E-state index in [0.717, 1.165) is 0 Å². The molecule has 2 rings (SSSR count). The second-order valence-corrected chi connectivity index (χ2v) is 5.97. The molecule has 134 valence electrons. The van der Waals surface area contributed by atoms with Crippen LogP contribution < -0.4 is 21.7 Å². The van der Waals surface area contributed by atoms with Gasteiger partial charge < -0.3 is 10.1 Å². The molecule has 0 aliphatic heterocycles. The fourth-order valence-electron chi connectivity index (χ4n) is 2.21. The zero-order valence-electron chi connectivity index (χ0n) is 14.3. The van der Waals surface area contributed by atoms with Gasteiger partial charge in [0.2, 0.25) is 0 Å². The summed E-state index contributed by atoms with van der Waals surface area (Å²) in [5.74, 6) is -0.485. The molecule has 9 heteroatoms. The van der Waals surface area contributed by atoms with E-state index in [9.17, 15) is 9.59 Å². The monoisotopic (exact) mass is 363 g/mol. The fourth-order valence-corrected chi connectivity index (χ4v) is 2.36. The number of hydrogen-bond acceptors (Lipinski definition) is 5. The molecule has 0 unspecified atom stereocenters. The Kier molecular flexibility index (Phi) is 6.43. The Hall–Kier alpha value is -2.52. The molecule has 0 atom stereocenters. The van der Waals surface area contributed by atoms with Gasteiger partial charge in [-0.2, -0.15) is 5.10 Å². The number of aromatic nitrogens is 2. The van der Waals surface area contributed by atoms with E-state index in [0.29, 0.717) is 23.9 Å². The SMILES string of the molecule is COCCNC(=S)NNC(=O)c1nn(C(C)C)c(=O)c2ccccc12. The quantitative estimate of drug-likeness (QED) is 0.409. The summed E-state index contributed by atoms with van der Waals surface area (Å²) in [6.07, 6.45) is 0. The first-order chi connectivity index (χ1) is 12.0. The van der Waals surface area contributed by atoms with Crippen LogP contribution in [0.1, 0.15) is 30.4 Å². The number of hydrogen-bond donors (Lipinski definition) is 3. The standard InChI is InChI=1S/C16H21N5O3S/c1-10(2)21-15(23)12-7-5-4-6-11(12)13(20-21)14(22)18-19-16(25)17-8-9-24-3/h4-7,10H,8-9H2,1-3H3,(H,18,22)(H2,17,19,25). The maximum atomic E-state index is 12.5. The molecule has 0 saturated heterocycles. The number of benzene rings is 1. The molecule has 2 aromatic rings. The number of amides is 1. The van der Waals surface area contributed by atoms with Gasteiger partial charge in [0.1, 0.15) is 0 Å². The number of hydrazine groups is 1. The number of carbonyl (C=O) groups excluding carboxylic acids is 1. The highest BCUT2D eigenvalue weighted by molar-refractivity contribution is 7.80. The fraction of sp³-hybridized carbons (Fsp3) is 0.375. The Labute approximate surface area is 150 Å². The maximum Gasteiger partial charge on any atom is 0.290 e. The maximum absolute atomic E-state index is 12.5. The molecule has 0 spiro atoms. The van der Waals surface area contributed by atoms with Crippen LogP contribution in [0.3, 0.4) is 0 Å². The van der Waals surface area contributed by atoms with Gasteiger partial charge in [0, 0.05) is 19.0 Å². The lowest BCUT2D eigenvalue weighted by Gasteiger charge is -2.14. The van der Waals surface area contributed by atoms with E-state index in [4.69, 9.17) is 17.0 Å². The van der Waals surface area contributed by atoms with E-state index < -0.39 is 5.91 Å². The Balaban J connectivity index is 2.24. The summed E-state index contributed by atoms with van der Waals surface area (Å²) in [6.45, 7) is 4.66. The van der Waals surface area contributed by atoms with Crippen molar-refractivity contribution in [3.05, 3.63) is 40.3 Å². The number of nitrogens with one attached hydrogen (secondary N) is 3. The number of carbonyl (C=O) groups is 1. The van der Waals surface area contributed by atoms with Gasteiger partial charge in [-0.1, -0.05) is 18.2 Å². The summed E-state index contributed by atoms with van der Waals surface area (Å²) in [4.78, 5) is 25.0. The molecule has 0 aliphatic carbocycles. The Morgan fingerprint density at radius 3 is 2.60 bits per heavy atom. The molecule has 0 saturated carbocycles. The van der Waals surface area contributed by atoms with Crippen LogP contribution in [0.15, 0.2) is 29.1 Å². The van der Waals surface area contributed by atoms with Crippen LogP contribution in [0.4, 0.5) is 0 Å². The molecule has 1 heterocycles. The summed E-state index contributed by atoms with van der Waals surface area (Å²) in [5, 5.41) is 8.28. The largest absolute Gasteiger partial charge is 0.383 e. The van der Waals surface area contributed by atoms with Crippen molar-refractivity contribution in [3.8, 4) is 0 Å². The topological polar surface area (TPSA) is 97.3 Å². The summed E-state index contributed by atoms with van der Waals surface area (Å²) in [6, 6.07) is 6.71. The molecule has 25 heavy (non-hydrogen) atoms. The van der Waals surface area contributed by atoms with Crippen molar-refractivity contribution in [1.29, 1.82) is 0 Å². The summed E-state index contributed by atoms with van der Waals surface area (Å²) in [7, 11) is 1.58. The second-order valence-electron chi connectivity index (χ2n) is 5.57. The van der Waals surface area contributed by atoms with Gasteiger partial charge in [-0.3, -0.25) is 20.4 Å². The summed E-state index contributed by atoms with van der Waals surface area (Å²) >= 11 is 5.05. The second kappa shape index (κ2) is 8.54. The number of fused-ring (bicyclic) bond motifs is 1. The van der Waals surface area contributed by atoms with Gasteiger partial charge in [-0.25, -0.2) is 4.68 Å². The van der Waals surface area contributed by atoms with E-state index in [1.54, 1.807) is 31.4 Å². The van der Waals surface area contributed by atoms with E-state index >= 15 is 0 Å². The predicted molar refractivity (Wildman–Crippen MR) is 99.5 cm³/mol. The molecule has 8 nitrogen and oxygen atoms in total. The Morgan fingerprint density at radius 1 is 1.28 bits per heavy atom. The van der Waals surface area contributed by atoms with E-state index in [2.05, 4.69) is 21.3 Å². The Morgan fingerprint density at radius 2 is 1.96 bits per heavy atom. The minimum Gasteiger partial charge on any atom is -0.383 e. The number of methoxy groups -OCH3 is 1. The predicted octanol–water partition coefficient (Wildman–Crippen LogP) is 0.733. The van der Waals surface area contributed by atoms with E-state index in [1.165, 1.54) is 4.68 Å². The average Bonchev–Trinajstić information content (AvgIpc) is 2.60. The molecular formula is C16H21N5O3S. The van der Waals surface area contributed by atoms with Crippen molar-refractivity contribution < 1.29 is 9.53 Å². The molecule has 1 amide bonds. The number of rotatable bonds is 5. The van der Waals surface area contributed by atoms with Crippen LogP contribution in [0.5, 0.6) is 0 Å².